The van der Waals surface area contributed by atoms with Gasteiger partial charge in [-0.15, -0.1) is 10.2 Å². The molecule has 9 heteroatoms. The number of rotatable bonds is 3. The third kappa shape index (κ3) is 2.59. The fraction of sp³-hybridized carbons (Fsp3) is 0.0714. The second-order valence-corrected chi connectivity index (χ2v) is 4.94. The lowest BCUT2D eigenvalue weighted by molar-refractivity contribution is 0.458. The van der Waals surface area contributed by atoms with Crippen LogP contribution in [0, 0.1) is 22.7 Å². The van der Waals surface area contributed by atoms with E-state index < -0.39 is 0 Å². The number of H-pyrrole nitrogens is 1. The maximum atomic E-state index is 9.88. The Hall–Kier alpha value is -3.36. The molecule has 0 saturated heterocycles. The maximum absolute atomic E-state index is 9.88. The highest BCUT2D eigenvalue weighted by Crippen LogP contribution is 2.31. The molecule has 23 heavy (non-hydrogen) atoms. The predicted molar refractivity (Wildman–Crippen MR) is 80.9 cm³/mol. The van der Waals surface area contributed by atoms with Crippen molar-refractivity contribution in [3.63, 3.8) is 0 Å². The van der Waals surface area contributed by atoms with Crippen molar-refractivity contribution < 1.29 is 5.11 Å². The first-order valence-corrected chi connectivity index (χ1v) is 6.78. The lowest BCUT2D eigenvalue weighted by Crippen LogP contribution is -1.88. The van der Waals surface area contributed by atoms with Crippen molar-refractivity contribution in [2.24, 2.45) is 10.2 Å². The topological polar surface area (TPSA) is 126 Å². The van der Waals surface area contributed by atoms with Crippen LogP contribution < -0.4 is 0 Å². The van der Waals surface area contributed by atoms with E-state index in [9.17, 15) is 10.4 Å². The molecule has 2 aromatic heterocycles. The average molecular weight is 326 g/mol. The Bertz CT molecular complexity index is 985. The highest BCUT2D eigenvalue weighted by atomic mass is 35.5. The van der Waals surface area contributed by atoms with Crippen LogP contribution in [0.2, 0.25) is 5.02 Å². The molecule has 0 aliphatic carbocycles. The molecule has 0 spiro atoms. The van der Waals surface area contributed by atoms with Crippen LogP contribution in [-0.4, -0.2) is 19.7 Å². The molecule has 8 nitrogen and oxygen atoms in total. The molecular formula is C14H8ClN7O. The Kier molecular flexibility index (Phi) is 3.67. The van der Waals surface area contributed by atoms with Crippen LogP contribution >= 0.6 is 11.6 Å². The largest absolute Gasteiger partial charge is 0.490 e. The first kappa shape index (κ1) is 14.6. The van der Waals surface area contributed by atoms with Crippen molar-refractivity contribution in [3.8, 4) is 18.0 Å². The monoisotopic (exact) mass is 325 g/mol. The summed E-state index contributed by atoms with van der Waals surface area (Å²) in [5.74, 6) is -0.329. The van der Waals surface area contributed by atoms with Gasteiger partial charge in [0.05, 0.1) is 23.9 Å². The number of nitrogens with one attached hydrogen (secondary N) is 1. The third-order valence-electron chi connectivity index (χ3n) is 3.06. The molecule has 0 unspecified atom stereocenters. The summed E-state index contributed by atoms with van der Waals surface area (Å²) in [6.45, 7) is 0. The van der Waals surface area contributed by atoms with Crippen LogP contribution in [0.25, 0.3) is 5.65 Å². The van der Waals surface area contributed by atoms with E-state index >= 15 is 0 Å². The van der Waals surface area contributed by atoms with Crippen molar-refractivity contribution in [1.82, 2.24) is 14.6 Å². The van der Waals surface area contributed by atoms with E-state index in [4.69, 9.17) is 16.9 Å². The number of aromatic amines is 1. The van der Waals surface area contributed by atoms with Crippen LogP contribution in [0.4, 0.5) is 11.5 Å². The zero-order chi connectivity index (χ0) is 16.4. The Balaban J connectivity index is 2.07. The van der Waals surface area contributed by atoms with Crippen LogP contribution in [-0.2, 0) is 6.42 Å². The number of benzene rings is 1. The third-order valence-corrected chi connectivity index (χ3v) is 3.31. The summed E-state index contributed by atoms with van der Waals surface area (Å²) in [5, 5.41) is 39.2. The predicted octanol–water partition coefficient (Wildman–Crippen LogP) is 3.37. The van der Waals surface area contributed by atoms with E-state index in [1.54, 1.807) is 24.3 Å². The minimum absolute atomic E-state index is 0.0147. The number of aromatic nitrogens is 3. The van der Waals surface area contributed by atoms with E-state index in [2.05, 4.69) is 20.3 Å². The summed E-state index contributed by atoms with van der Waals surface area (Å²) in [6, 6.07) is 10.6. The average Bonchev–Trinajstić information content (AvgIpc) is 3.01. The molecule has 2 heterocycles. The van der Waals surface area contributed by atoms with Crippen molar-refractivity contribution >= 4 is 28.8 Å². The fourth-order valence-electron chi connectivity index (χ4n) is 2.03. The van der Waals surface area contributed by atoms with Crippen molar-refractivity contribution in [1.29, 1.82) is 10.5 Å². The molecule has 0 fully saturated rings. The van der Waals surface area contributed by atoms with E-state index in [1.807, 2.05) is 12.1 Å². The van der Waals surface area contributed by atoms with Gasteiger partial charge in [0.15, 0.2) is 5.65 Å². The molecule has 0 amide bonds. The van der Waals surface area contributed by atoms with Gasteiger partial charge in [-0.1, -0.05) is 11.6 Å². The quantitative estimate of drug-likeness (QED) is 0.716. The summed E-state index contributed by atoms with van der Waals surface area (Å²) in [6.07, 6.45) is 0.0147. The highest BCUT2D eigenvalue weighted by Gasteiger charge is 2.19. The molecule has 1 aromatic carbocycles. The molecule has 0 atom stereocenters. The van der Waals surface area contributed by atoms with Gasteiger partial charge in [0.25, 0.3) is 5.88 Å². The molecular weight excluding hydrogens is 318 g/mol. The number of hydrogen-bond donors (Lipinski definition) is 2. The van der Waals surface area contributed by atoms with Gasteiger partial charge in [-0.3, -0.25) is 5.10 Å². The van der Waals surface area contributed by atoms with Gasteiger partial charge in [-0.2, -0.15) is 15.5 Å². The first-order valence-electron chi connectivity index (χ1n) is 6.40. The number of hydrogen-bond acceptors (Lipinski definition) is 6. The molecule has 0 aliphatic heterocycles. The second-order valence-electron chi connectivity index (χ2n) is 4.51. The lowest BCUT2D eigenvalue weighted by atomic mass is 10.2. The van der Waals surface area contributed by atoms with Crippen LogP contribution in [0.15, 0.2) is 34.5 Å². The van der Waals surface area contributed by atoms with Gasteiger partial charge in [0, 0.05) is 5.02 Å². The van der Waals surface area contributed by atoms with Crippen molar-refractivity contribution in [3.05, 3.63) is 40.5 Å². The van der Waals surface area contributed by atoms with Crippen LogP contribution in [0.1, 0.15) is 11.3 Å². The molecule has 0 aliphatic rings. The standard InChI is InChI=1S/C14H8ClN7O/c15-8-1-3-9(4-2-8)19-20-13-14(23)18-12-10(7-17)11(5-6-16)21-22(12)13/h1-4,21,23H,5H2. The highest BCUT2D eigenvalue weighted by molar-refractivity contribution is 6.30. The molecule has 112 valence electrons. The Morgan fingerprint density at radius 1 is 1.26 bits per heavy atom. The Morgan fingerprint density at radius 3 is 2.65 bits per heavy atom. The van der Waals surface area contributed by atoms with Crippen LogP contribution in [0.5, 0.6) is 5.88 Å². The lowest BCUT2D eigenvalue weighted by Gasteiger charge is -1.94. The number of halogens is 1. The second kappa shape index (κ2) is 5.79. The number of fused-ring (bicyclic) bond motifs is 1. The molecule has 3 aromatic rings. The van der Waals surface area contributed by atoms with Gasteiger partial charge in [0.2, 0.25) is 5.82 Å². The van der Waals surface area contributed by atoms with E-state index in [0.29, 0.717) is 16.4 Å². The number of aromatic hydroxyl groups is 1. The van der Waals surface area contributed by atoms with Gasteiger partial charge in [-0.05, 0) is 24.3 Å². The summed E-state index contributed by atoms with van der Waals surface area (Å²) in [4.78, 5) is 3.89. The van der Waals surface area contributed by atoms with Gasteiger partial charge in [0.1, 0.15) is 11.6 Å². The molecule has 0 radical (unpaired) electrons. The molecule has 0 bridgehead atoms. The summed E-state index contributed by atoms with van der Waals surface area (Å²) >= 11 is 5.79. The fourth-order valence-corrected chi connectivity index (χ4v) is 2.15. The van der Waals surface area contributed by atoms with Gasteiger partial charge in [-0.25, -0.2) is 4.52 Å². The van der Waals surface area contributed by atoms with E-state index in [-0.39, 0.29) is 29.3 Å². The number of imidazole rings is 1. The molecule has 3 rings (SSSR count). The van der Waals surface area contributed by atoms with E-state index in [1.165, 1.54) is 4.52 Å². The zero-order valence-corrected chi connectivity index (χ0v) is 12.3. The van der Waals surface area contributed by atoms with Gasteiger partial charge >= 0.3 is 0 Å². The number of nitrogens with zero attached hydrogens (tertiary/aromatic N) is 6. The SMILES string of the molecule is N#CCc1[nH]n2c(N=Nc3ccc(Cl)cc3)c(O)nc2c1C#N. The van der Waals surface area contributed by atoms with E-state index in [0.717, 1.165) is 0 Å². The Labute approximate surface area is 134 Å². The summed E-state index contributed by atoms with van der Waals surface area (Å²) in [7, 11) is 0. The summed E-state index contributed by atoms with van der Waals surface area (Å²) in [5.41, 5.74) is 1.32. The normalized spacial score (nSPS) is 10.9. The number of nitriles is 2. The Morgan fingerprint density at radius 2 is 2.00 bits per heavy atom. The van der Waals surface area contributed by atoms with Crippen molar-refractivity contribution in [2.75, 3.05) is 0 Å². The van der Waals surface area contributed by atoms with Crippen molar-refractivity contribution in [2.45, 2.75) is 6.42 Å². The minimum Gasteiger partial charge on any atom is -0.490 e. The minimum atomic E-state index is -0.367. The zero-order valence-electron chi connectivity index (χ0n) is 11.5. The first-order chi connectivity index (χ1) is 11.1. The van der Waals surface area contributed by atoms with Crippen LogP contribution in [0.3, 0.4) is 0 Å². The van der Waals surface area contributed by atoms with Gasteiger partial charge < -0.3 is 5.11 Å². The maximum Gasteiger partial charge on any atom is 0.261 e. The summed E-state index contributed by atoms with van der Waals surface area (Å²) < 4.78 is 1.32. The molecule has 0 saturated carbocycles. The molecule has 2 N–H and O–H groups in total. The smallest absolute Gasteiger partial charge is 0.261 e. The number of azo groups is 1.